The first kappa shape index (κ1) is 21.6. The molecular formula is C19H19F2N3O5S. The van der Waals surface area contributed by atoms with Gasteiger partial charge in [-0.25, -0.2) is 22.0 Å². The monoisotopic (exact) mass is 439 g/mol. The molecule has 11 heteroatoms. The third-order valence-corrected chi connectivity index (χ3v) is 6.01. The van der Waals surface area contributed by atoms with Gasteiger partial charge < -0.3 is 9.64 Å². The molecule has 0 saturated carbocycles. The molecule has 1 aliphatic rings. The fourth-order valence-electron chi connectivity index (χ4n) is 2.80. The number of pyridine rings is 1. The smallest absolute Gasteiger partial charge is 0.324 e. The molecule has 3 amide bonds. The van der Waals surface area contributed by atoms with E-state index in [0.29, 0.717) is 11.3 Å². The number of aryl methyl sites for hydroxylation is 1. The van der Waals surface area contributed by atoms with Crippen molar-refractivity contribution in [3.63, 3.8) is 0 Å². The summed E-state index contributed by atoms with van der Waals surface area (Å²) in [7, 11) is -3.67. The SMILES string of the molecule is O=C1CN(Cc2ccc(CCS(=O)(=O)c3cccc(OCC(F)F)c3)nc2)C(=O)N1. The van der Waals surface area contributed by atoms with Crippen LogP contribution in [0.4, 0.5) is 13.6 Å². The summed E-state index contributed by atoms with van der Waals surface area (Å²) >= 11 is 0. The number of sulfone groups is 1. The van der Waals surface area contributed by atoms with Crippen molar-refractivity contribution in [2.24, 2.45) is 0 Å². The standard InChI is InChI=1S/C19H19F2N3O5S/c20-17(21)12-29-15-2-1-3-16(8-15)30(27,28)7-6-14-5-4-13(9-22-14)10-24-11-18(25)23-19(24)26/h1-5,8-9,17H,6-7,10-12H2,(H,23,25,26). The Morgan fingerprint density at radius 1 is 1.20 bits per heavy atom. The molecule has 2 aromatic rings. The first-order chi connectivity index (χ1) is 14.2. The summed E-state index contributed by atoms with van der Waals surface area (Å²) in [4.78, 5) is 28.3. The van der Waals surface area contributed by atoms with Gasteiger partial charge >= 0.3 is 6.03 Å². The minimum Gasteiger partial charge on any atom is -0.488 e. The summed E-state index contributed by atoms with van der Waals surface area (Å²) in [5, 5.41) is 2.18. The van der Waals surface area contributed by atoms with Gasteiger partial charge in [0, 0.05) is 24.9 Å². The van der Waals surface area contributed by atoms with E-state index in [2.05, 4.69) is 10.3 Å². The maximum atomic E-state index is 12.5. The number of hydrogen-bond donors (Lipinski definition) is 1. The lowest BCUT2D eigenvalue weighted by Gasteiger charge is -2.13. The predicted molar refractivity (Wildman–Crippen MR) is 102 cm³/mol. The molecule has 0 spiro atoms. The largest absolute Gasteiger partial charge is 0.488 e. The number of urea groups is 1. The summed E-state index contributed by atoms with van der Waals surface area (Å²) in [5.74, 6) is -0.525. The fourth-order valence-corrected chi connectivity index (χ4v) is 4.10. The number of carbonyl (C=O) groups excluding carboxylic acids is 2. The molecule has 0 aliphatic carbocycles. The van der Waals surface area contributed by atoms with Crippen LogP contribution in [-0.2, 0) is 27.6 Å². The maximum absolute atomic E-state index is 12.5. The van der Waals surface area contributed by atoms with E-state index in [4.69, 9.17) is 4.74 Å². The van der Waals surface area contributed by atoms with E-state index in [-0.39, 0.29) is 41.8 Å². The third-order valence-electron chi connectivity index (χ3n) is 4.29. The summed E-state index contributed by atoms with van der Waals surface area (Å²) in [5.41, 5.74) is 1.24. The zero-order valence-electron chi connectivity index (χ0n) is 15.8. The topological polar surface area (TPSA) is 106 Å². The van der Waals surface area contributed by atoms with E-state index in [1.807, 2.05) is 0 Å². The van der Waals surface area contributed by atoms with Crippen molar-refractivity contribution in [2.45, 2.75) is 24.3 Å². The molecule has 8 nitrogen and oxygen atoms in total. The van der Waals surface area contributed by atoms with Crippen molar-refractivity contribution < 1.29 is 31.5 Å². The molecule has 2 heterocycles. The Hall–Kier alpha value is -3.08. The summed E-state index contributed by atoms with van der Waals surface area (Å²) in [6.45, 7) is -0.611. The highest BCUT2D eigenvalue weighted by Gasteiger charge is 2.26. The number of nitrogens with one attached hydrogen (secondary N) is 1. The van der Waals surface area contributed by atoms with Crippen molar-refractivity contribution in [3.05, 3.63) is 53.9 Å². The number of halogens is 2. The van der Waals surface area contributed by atoms with Crippen LogP contribution >= 0.6 is 0 Å². The van der Waals surface area contributed by atoms with Crippen LogP contribution < -0.4 is 10.1 Å². The molecule has 0 bridgehead atoms. The van der Waals surface area contributed by atoms with E-state index in [1.54, 1.807) is 12.1 Å². The van der Waals surface area contributed by atoms with E-state index in [0.717, 1.165) is 0 Å². The molecule has 0 unspecified atom stereocenters. The maximum Gasteiger partial charge on any atom is 0.324 e. The lowest BCUT2D eigenvalue weighted by molar-refractivity contribution is -0.118. The van der Waals surface area contributed by atoms with Crippen LogP contribution in [0.3, 0.4) is 0 Å². The highest BCUT2D eigenvalue weighted by atomic mass is 32.2. The van der Waals surface area contributed by atoms with Gasteiger partial charge in [-0.3, -0.25) is 15.1 Å². The number of hydrogen-bond acceptors (Lipinski definition) is 6. The van der Waals surface area contributed by atoms with Crippen molar-refractivity contribution in [3.8, 4) is 5.75 Å². The van der Waals surface area contributed by atoms with Gasteiger partial charge in [-0.1, -0.05) is 12.1 Å². The second-order valence-corrected chi connectivity index (χ2v) is 8.72. The normalized spacial score (nSPS) is 14.3. The van der Waals surface area contributed by atoms with Crippen molar-refractivity contribution in [2.75, 3.05) is 18.9 Å². The number of nitrogens with zero attached hydrogens (tertiary/aromatic N) is 2. The molecule has 1 aromatic carbocycles. The second-order valence-electron chi connectivity index (χ2n) is 6.61. The highest BCUT2D eigenvalue weighted by molar-refractivity contribution is 7.91. The Labute approximate surface area is 171 Å². The first-order valence-corrected chi connectivity index (χ1v) is 10.6. The first-order valence-electron chi connectivity index (χ1n) is 8.99. The predicted octanol–water partition coefficient (Wildman–Crippen LogP) is 1.79. The van der Waals surface area contributed by atoms with Gasteiger partial charge in [-0.2, -0.15) is 0 Å². The quantitative estimate of drug-likeness (QED) is 0.598. The van der Waals surface area contributed by atoms with Crippen molar-refractivity contribution in [1.29, 1.82) is 0 Å². The number of amides is 3. The number of carbonyl (C=O) groups is 2. The molecule has 0 radical (unpaired) electrons. The Bertz CT molecular complexity index is 1030. The Morgan fingerprint density at radius 2 is 2.00 bits per heavy atom. The highest BCUT2D eigenvalue weighted by Crippen LogP contribution is 2.20. The molecule has 1 aromatic heterocycles. The Morgan fingerprint density at radius 3 is 2.63 bits per heavy atom. The number of ether oxygens (including phenoxy) is 1. The molecule has 0 atom stereocenters. The number of rotatable bonds is 9. The van der Waals surface area contributed by atoms with Crippen molar-refractivity contribution in [1.82, 2.24) is 15.2 Å². The third kappa shape index (κ3) is 5.72. The number of benzene rings is 1. The number of aromatic nitrogens is 1. The van der Waals surface area contributed by atoms with Gasteiger partial charge in [0.05, 0.1) is 10.6 Å². The van der Waals surface area contributed by atoms with Gasteiger partial charge in [0.15, 0.2) is 9.84 Å². The molecule has 1 aliphatic heterocycles. The van der Waals surface area contributed by atoms with Gasteiger partial charge in [-0.05, 0) is 29.8 Å². The average molecular weight is 439 g/mol. The Balaban J connectivity index is 1.58. The summed E-state index contributed by atoms with van der Waals surface area (Å²) in [6.07, 6.45) is -0.982. The van der Waals surface area contributed by atoms with Crippen LogP contribution in [0.25, 0.3) is 0 Å². The lowest BCUT2D eigenvalue weighted by atomic mass is 10.2. The number of imide groups is 1. The van der Waals surface area contributed by atoms with Gasteiger partial charge in [0.1, 0.15) is 18.9 Å². The van der Waals surface area contributed by atoms with Crippen LogP contribution in [-0.4, -0.2) is 55.6 Å². The van der Waals surface area contributed by atoms with Crippen LogP contribution in [0.2, 0.25) is 0 Å². The minimum absolute atomic E-state index is 0.0150. The molecule has 160 valence electrons. The molecular weight excluding hydrogens is 420 g/mol. The van der Waals surface area contributed by atoms with E-state index in [1.165, 1.54) is 35.4 Å². The zero-order valence-corrected chi connectivity index (χ0v) is 16.6. The van der Waals surface area contributed by atoms with Crippen LogP contribution in [0, 0.1) is 0 Å². The Kier molecular flexibility index (Phi) is 6.60. The molecule has 3 rings (SSSR count). The molecule has 30 heavy (non-hydrogen) atoms. The van der Waals surface area contributed by atoms with Gasteiger partial charge in [0.25, 0.3) is 6.43 Å². The van der Waals surface area contributed by atoms with Crippen LogP contribution in [0.5, 0.6) is 5.75 Å². The zero-order chi connectivity index (χ0) is 21.7. The fraction of sp³-hybridized carbons (Fsp3) is 0.316. The minimum atomic E-state index is -3.67. The van der Waals surface area contributed by atoms with E-state index in [9.17, 15) is 26.8 Å². The summed E-state index contributed by atoms with van der Waals surface area (Å²) in [6, 6.07) is 8.35. The van der Waals surface area contributed by atoms with Crippen LogP contribution in [0.15, 0.2) is 47.5 Å². The molecule has 1 N–H and O–H groups in total. The second kappa shape index (κ2) is 9.16. The van der Waals surface area contributed by atoms with Crippen LogP contribution in [0.1, 0.15) is 11.3 Å². The summed E-state index contributed by atoms with van der Waals surface area (Å²) < 4.78 is 54.5. The molecule has 1 fully saturated rings. The number of alkyl halides is 2. The van der Waals surface area contributed by atoms with Gasteiger partial charge in [-0.15, -0.1) is 0 Å². The van der Waals surface area contributed by atoms with E-state index >= 15 is 0 Å². The lowest BCUT2D eigenvalue weighted by Crippen LogP contribution is -2.27. The van der Waals surface area contributed by atoms with Gasteiger partial charge in [0.2, 0.25) is 5.91 Å². The van der Waals surface area contributed by atoms with Crippen molar-refractivity contribution >= 4 is 21.8 Å². The van der Waals surface area contributed by atoms with E-state index < -0.39 is 28.9 Å². The average Bonchev–Trinajstić information content (AvgIpc) is 3.03. The molecule has 1 saturated heterocycles.